The predicted octanol–water partition coefficient (Wildman–Crippen LogP) is 1.54. The Morgan fingerprint density at radius 1 is 1.32 bits per heavy atom. The zero-order valence-corrected chi connectivity index (χ0v) is 10.8. The lowest BCUT2D eigenvalue weighted by molar-refractivity contribution is -0.122. The minimum absolute atomic E-state index is 0.0768. The molecular weight excluding hydrogens is 246 g/mol. The molecule has 0 aliphatic carbocycles. The van der Waals surface area contributed by atoms with E-state index >= 15 is 0 Å². The molecule has 0 aliphatic rings. The maximum atomic E-state index is 11.4. The molecule has 0 bridgehead atoms. The van der Waals surface area contributed by atoms with Gasteiger partial charge in [-0.15, -0.1) is 6.58 Å². The molecule has 0 spiro atoms. The van der Waals surface area contributed by atoms with Crippen molar-refractivity contribution in [2.75, 3.05) is 19.8 Å². The van der Waals surface area contributed by atoms with E-state index in [0.29, 0.717) is 24.5 Å². The van der Waals surface area contributed by atoms with Gasteiger partial charge in [0.1, 0.15) is 5.75 Å². The van der Waals surface area contributed by atoms with Gasteiger partial charge in [0.15, 0.2) is 6.61 Å². The Balaban J connectivity index is 2.46. The van der Waals surface area contributed by atoms with Crippen LogP contribution in [0.1, 0.15) is 17.3 Å². The molecule has 0 radical (unpaired) electrons. The standard InChI is InChI=1S/C14H17NO4/c1-3-9-15-13(16)10-19-12-7-5-11(6-8-12)14(17)18-4-2/h3,5-8H,1,4,9-10H2,2H3,(H,15,16). The molecule has 1 aromatic rings. The van der Waals surface area contributed by atoms with Gasteiger partial charge in [-0.2, -0.15) is 0 Å². The molecule has 5 heteroatoms. The van der Waals surface area contributed by atoms with Crippen LogP contribution in [0.2, 0.25) is 0 Å². The average molecular weight is 263 g/mol. The molecule has 5 nitrogen and oxygen atoms in total. The summed E-state index contributed by atoms with van der Waals surface area (Å²) < 4.78 is 10.1. The summed E-state index contributed by atoms with van der Waals surface area (Å²) in [6, 6.07) is 6.42. The molecule has 102 valence electrons. The van der Waals surface area contributed by atoms with Crippen molar-refractivity contribution in [1.29, 1.82) is 0 Å². The molecule has 0 saturated heterocycles. The van der Waals surface area contributed by atoms with Crippen molar-refractivity contribution in [2.45, 2.75) is 6.92 Å². The molecule has 19 heavy (non-hydrogen) atoms. The minimum atomic E-state index is -0.377. The number of carbonyl (C=O) groups is 2. The quantitative estimate of drug-likeness (QED) is 0.598. The van der Waals surface area contributed by atoms with Crippen LogP contribution in [-0.2, 0) is 9.53 Å². The maximum absolute atomic E-state index is 11.4. The van der Waals surface area contributed by atoms with Crippen molar-refractivity contribution < 1.29 is 19.1 Å². The summed E-state index contributed by atoms with van der Waals surface area (Å²) in [5, 5.41) is 2.59. The van der Waals surface area contributed by atoms with Crippen molar-refractivity contribution in [3.8, 4) is 5.75 Å². The maximum Gasteiger partial charge on any atom is 0.338 e. The molecule has 1 N–H and O–H groups in total. The average Bonchev–Trinajstić information content (AvgIpc) is 2.43. The lowest BCUT2D eigenvalue weighted by Gasteiger charge is -2.07. The van der Waals surface area contributed by atoms with Crippen LogP contribution in [0.5, 0.6) is 5.75 Å². The van der Waals surface area contributed by atoms with Crippen LogP contribution < -0.4 is 10.1 Å². The Morgan fingerprint density at radius 3 is 2.58 bits per heavy atom. The van der Waals surface area contributed by atoms with E-state index in [4.69, 9.17) is 9.47 Å². The monoisotopic (exact) mass is 263 g/mol. The van der Waals surface area contributed by atoms with E-state index < -0.39 is 0 Å². The number of nitrogens with one attached hydrogen (secondary N) is 1. The molecule has 0 heterocycles. The summed E-state index contributed by atoms with van der Waals surface area (Å²) in [5.74, 6) is -0.0889. The number of benzene rings is 1. The van der Waals surface area contributed by atoms with Crippen molar-refractivity contribution >= 4 is 11.9 Å². The van der Waals surface area contributed by atoms with Gasteiger partial charge in [0.2, 0.25) is 0 Å². The normalized spacial score (nSPS) is 9.53. The molecular formula is C14H17NO4. The van der Waals surface area contributed by atoms with Gasteiger partial charge in [-0.05, 0) is 31.2 Å². The number of hydrogen-bond donors (Lipinski definition) is 1. The van der Waals surface area contributed by atoms with E-state index in [-0.39, 0.29) is 18.5 Å². The van der Waals surface area contributed by atoms with Crippen LogP contribution >= 0.6 is 0 Å². The van der Waals surface area contributed by atoms with Crippen molar-refractivity contribution in [3.63, 3.8) is 0 Å². The summed E-state index contributed by atoms with van der Waals surface area (Å²) in [7, 11) is 0. The van der Waals surface area contributed by atoms with E-state index in [0.717, 1.165) is 0 Å². The van der Waals surface area contributed by atoms with Gasteiger partial charge in [0.25, 0.3) is 5.91 Å². The molecule has 0 aromatic heterocycles. The molecule has 0 atom stereocenters. The third-order valence-electron chi connectivity index (χ3n) is 2.18. The highest BCUT2D eigenvalue weighted by atomic mass is 16.5. The second-order valence-electron chi connectivity index (χ2n) is 3.63. The minimum Gasteiger partial charge on any atom is -0.484 e. The summed E-state index contributed by atoms with van der Waals surface area (Å²) in [6.07, 6.45) is 1.59. The number of hydrogen-bond acceptors (Lipinski definition) is 4. The van der Waals surface area contributed by atoms with E-state index in [2.05, 4.69) is 11.9 Å². The molecule has 1 amide bonds. The SMILES string of the molecule is C=CCNC(=O)COc1ccc(C(=O)OCC)cc1. The number of carbonyl (C=O) groups excluding carboxylic acids is 2. The second kappa shape index (κ2) is 7.92. The van der Waals surface area contributed by atoms with Crippen molar-refractivity contribution in [2.24, 2.45) is 0 Å². The van der Waals surface area contributed by atoms with E-state index in [1.807, 2.05) is 0 Å². The highest BCUT2D eigenvalue weighted by Crippen LogP contribution is 2.12. The fourth-order valence-corrected chi connectivity index (χ4v) is 1.29. The zero-order valence-electron chi connectivity index (χ0n) is 10.8. The zero-order chi connectivity index (χ0) is 14.1. The fourth-order valence-electron chi connectivity index (χ4n) is 1.29. The third-order valence-corrected chi connectivity index (χ3v) is 2.18. The summed E-state index contributed by atoms with van der Waals surface area (Å²) in [4.78, 5) is 22.7. The van der Waals surface area contributed by atoms with Gasteiger partial charge in [-0.3, -0.25) is 4.79 Å². The predicted molar refractivity (Wildman–Crippen MR) is 71.1 cm³/mol. The fraction of sp³-hybridized carbons (Fsp3) is 0.286. The summed E-state index contributed by atoms with van der Waals surface area (Å²) in [5.41, 5.74) is 0.449. The first-order valence-corrected chi connectivity index (χ1v) is 5.95. The first-order chi connectivity index (χ1) is 9.17. The number of ether oxygens (including phenoxy) is 2. The van der Waals surface area contributed by atoms with Gasteiger partial charge in [-0.1, -0.05) is 6.08 Å². The van der Waals surface area contributed by atoms with Crippen LogP contribution in [-0.4, -0.2) is 31.6 Å². The van der Waals surface area contributed by atoms with Crippen LogP contribution in [0.3, 0.4) is 0 Å². The molecule has 1 aromatic carbocycles. The molecule has 0 saturated carbocycles. The Bertz CT molecular complexity index is 439. The van der Waals surface area contributed by atoms with Crippen molar-refractivity contribution in [3.05, 3.63) is 42.5 Å². The first kappa shape index (κ1) is 14.8. The number of esters is 1. The Labute approximate surface area is 112 Å². The van der Waals surface area contributed by atoms with Crippen LogP contribution in [0.15, 0.2) is 36.9 Å². The number of amides is 1. The van der Waals surface area contributed by atoms with E-state index in [1.165, 1.54) is 0 Å². The topological polar surface area (TPSA) is 64.6 Å². The summed E-state index contributed by atoms with van der Waals surface area (Å²) >= 11 is 0. The Morgan fingerprint density at radius 2 is 2.00 bits per heavy atom. The van der Waals surface area contributed by atoms with Gasteiger partial charge in [0, 0.05) is 6.54 Å². The largest absolute Gasteiger partial charge is 0.484 e. The lowest BCUT2D eigenvalue weighted by atomic mass is 10.2. The van der Waals surface area contributed by atoms with Gasteiger partial charge in [0.05, 0.1) is 12.2 Å². The summed E-state index contributed by atoms with van der Waals surface area (Å²) in [6.45, 7) is 5.90. The van der Waals surface area contributed by atoms with E-state index in [1.54, 1.807) is 37.3 Å². The Kier molecular flexibility index (Phi) is 6.15. The van der Waals surface area contributed by atoms with Crippen molar-refractivity contribution in [1.82, 2.24) is 5.32 Å². The lowest BCUT2D eigenvalue weighted by Crippen LogP contribution is -2.28. The molecule has 1 rings (SSSR count). The van der Waals surface area contributed by atoms with Crippen LogP contribution in [0.25, 0.3) is 0 Å². The first-order valence-electron chi connectivity index (χ1n) is 5.95. The molecule has 0 aliphatic heterocycles. The van der Waals surface area contributed by atoms with Gasteiger partial charge >= 0.3 is 5.97 Å². The number of rotatable bonds is 7. The molecule has 0 unspecified atom stereocenters. The third kappa shape index (κ3) is 5.25. The second-order valence-corrected chi connectivity index (χ2v) is 3.63. The Hall–Kier alpha value is -2.30. The highest BCUT2D eigenvalue weighted by molar-refractivity contribution is 5.89. The van der Waals surface area contributed by atoms with Gasteiger partial charge < -0.3 is 14.8 Å². The molecule has 0 fully saturated rings. The van der Waals surface area contributed by atoms with Gasteiger partial charge in [-0.25, -0.2) is 4.79 Å². The van der Waals surface area contributed by atoms with Crippen LogP contribution in [0, 0.1) is 0 Å². The highest BCUT2D eigenvalue weighted by Gasteiger charge is 2.06. The van der Waals surface area contributed by atoms with Crippen LogP contribution in [0.4, 0.5) is 0 Å². The smallest absolute Gasteiger partial charge is 0.338 e. The van der Waals surface area contributed by atoms with E-state index in [9.17, 15) is 9.59 Å².